The third-order valence-electron chi connectivity index (χ3n) is 4.83. The average Bonchev–Trinajstić information content (AvgIpc) is 2.81. The average molecular weight is 472 g/mol. The maximum absolute atomic E-state index is 12.4. The van der Waals surface area contributed by atoms with E-state index in [1.165, 1.54) is 28.4 Å². The zero-order valence-corrected chi connectivity index (χ0v) is 20.1. The first-order valence-electron chi connectivity index (χ1n) is 9.70. The van der Waals surface area contributed by atoms with Gasteiger partial charge in [0.15, 0.2) is 0 Å². The van der Waals surface area contributed by atoms with Gasteiger partial charge in [-0.3, -0.25) is 9.13 Å². The van der Waals surface area contributed by atoms with Crippen molar-refractivity contribution in [3.05, 3.63) is 59.2 Å². The SMILES string of the molecule is COP(=O)(CCc1cc(CCP(=O)(OC)OC)cc(Oc2ccc(CO)cc2)c1)OC. The zero-order chi connectivity index (χ0) is 22.9. The van der Waals surface area contributed by atoms with E-state index in [9.17, 15) is 14.2 Å². The first-order valence-corrected chi connectivity index (χ1v) is 13.2. The Morgan fingerprint density at radius 2 is 1.13 bits per heavy atom. The van der Waals surface area contributed by atoms with Crippen molar-refractivity contribution in [1.82, 2.24) is 0 Å². The van der Waals surface area contributed by atoms with Crippen molar-refractivity contribution in [2.75, 3.05) is 40.8 Å². The molecule has 0 fully saturated rings. The predicted octanol–water partition coefficient (Wildman–Crippen LogP) is 5.03. The van der Waals surface area contributed by atoms with Crippen LogP contribution in [0.3, 0.4) is 0 Å². The number of ether oxygens (including phenoxy) is 1. The second-order valence-electron chi connectivity index (χ2n) is 6.79. The Kier molecular flexibility index (Phi) is 9.91. The summed E-state index contributed by atoms with van der Waals surface area (Å²) in [6, 6.07) is 12.7. The minimum absolute atomic E-state index is 0.0436. The van der Waals surface area contributed by atoms with Gasteiger partial charge in [0, 0.05) is 28.4 Å². The van der Waals surface area contributed by atoms with Crippen LogP contribution in [0.2, 0.25) is 0 Å². The van der Waals surface area contributed by atoms with Gasteiger partial charge in [-0.2, -0.15) is 0 Å². The molecular weight excluding hydrogens is 442 g/mol. The van der Waals surface area contributed by atoms with Gasteiger partial charge in [0.25, 0.3) is 0 Å². The molecule has 8 nitrogen and oxygen atoms in total. The molecule has 0 atom stereocenters. The van der Waals surface area contributed by atoms with Crippen LogP contribution in [-0.2, 0) is 46.7 Å². The third kappa shape index (κ3) is 7.85. The highest BCUT2D eigenvalue weighted by atomic mass is 31.2. The van der Waals surface area contributed by atoms with E-state index >= 15 is 0 Å². The molecule has 2 aromatic carbocycles. The summed E-state index contributed by atoms with van der Waals surface area (Å²) in [4.78, 5) is 0. The third-order valence-corrected chi connectivity index (χ3v) is 8.60. The Morgan fingerprint density at radius 1 is 0.677 bits per heavy atom. The molecule has 0 saturated carbocycles. The quantitative estimate of drug-likeness (QED) is 0.405. The van der Waals surface area contributed by atoms with Gasteiger partial charge < -0.3 is 27.9 Å². The van der Waals surface area contributed by atoms with E-state index < -0.39 is 15.2 Å². The lowest BCUT2D eigenvalue weighted by Gasteiger charge is -2.16. The van der Waals surface area contributed by atoms with Gasteiger partial charge in [-0.15, -0.1) is 0 Å². The number of aliphatic hydroxyl groups is 1. The molecule has 10 heteroatoms. The minimum atomic E-state index is -3.15. The van der Waals surface area contributed by atoms with Crippen molar-refractivity contribution in [3.8, 4) is 11.5 Å². The molecule has 0 heterocycles. The smallest absolute Gasteiger partial charge is 0.330 e. The Morgan fingerprint density at radius 3 is 1.52 bits per heavy atom. The summed E-state index contributed by atoms with van der Waals surface area (Å²) in [6.07, 6.45) is 1.31. The van der Waals surface area contributed by atoms with Crippen molar-refractivity contribution < 1.29 is 37.1 Å². The number of rotatable bonds is 13. The van der Waals surface area contributed by atoms with Crippen molar-refractivity contribution >= 4 is 15.2 Å². The molecule has 0 aliphatic heterocycles. The molecule has 0 unspecified atom stereocenters. The number of aryl methyl sites for hydroxylation is 2. The van der Waals surface area contributed by atoms with E-state index in [2.05, 4.69) is 0 Å². The van der Waals surface area contributed by atoms with Gasteiger partial charge in [0.05, 0.1) is 18.9 Å². The second kappa shape index (κ2) is 11.9. The lowest BCUT2D eigenvalue weighted by Crippen LogP contribution is -2.02. The number of hydrogen-bond acceptors (Lipinski definition) is 8. The van der Waals surface area contributed by atoms with Gasteiger partial charge in [-0.05, 0) is 53.8 Å². The summed E-state index contributed by atoms with van der Waals surface area (Å²) >= 11 is 0. The summed E-state index contributed by atoms with van der Waals surface area (Å²) in [5, 5.41) is 9.19. The Labute approximate surface area is 183 Å². The van der Waals surface area contributed by atoms with Crippen LogP contribution >= 0.6 is 15.2 Å². The molecule has 0 bridgehead atoms. The fourth-order valence-electron chi connectivity index (χ4n) is 2.92. The van der Waals surface area contributed by atoms with Crippen LogP contribution < -0.4 is 4.74 Å². The van der Waals surface area contributed by atoms with Crippen LogP contribution in [0.5, 0.6) is 11.5 Å². The van der Waals surface area contributed by atoms with Gasteiger partial charge in [-0.1, -0.05) is 18.2 Å². The number of hydrogen-bond donors (Lipinski definition) is 1. The summed E-state index contributed by atoms with van der Waals surface area (Å²) in [7, 11) is -0.869. The summed E-state index contributed by atoms with van der Waals surface area (Å²) in [5.74, 6) is 1.19. The highest BCUT2D eigenvalue weighted by Gasteiger charge is 2.22. The van der Waals surface area contributed by atoms with E-state index in [-0.39, 0.29) is 18.9 Å². The standard InChI is InChI=1S/C21H30O8P2/c1-25-30(23,26-2)11-9-18-13-19(10-12-31(24,27-3)28-4)15-21(14-18)29-20-7-5-17(16-22)6-8-20/h5-8,13-15,22H,9-12,16H2,1-4H3. The number of aliphatic hydroxyl groups excluding tert-OH is 1. The molecule has 0 aromatic heterocycles. The normalized spacial score (nSPS) is 12.2. The molecule has 0 saturated heterocycles. The fraction of sp³-hybridized carbons (Fsp3) is 0.429. The van der Waals surface area contributed by atoms with Gasteiger partial charge >= 0.3 is 15.2 Å². The monoisotopic (exact) mass is 472 g/mol. The minimum Gasteiger partial charge on any atom is -0.457 e. The maximum atomic E-state index is 12.4. The molecule has 0 amide bonds. The molecule has 0 aliphatic rings. The van der Waals surface area contributed by atoms with Crippen molar-refractivity contribution in [2.24, 2.45) is 0 Å². The Hall–Kier alpha value is -1.50. The van der Waals surface area contributed by atoms with E-state index in [1.54, 1.807) is 24.3 Å². The first kappa shape index (κ1) is 25.8. The Balaban J connectivity index is 2.27. The highest BCUT2D eigenvalue weighted by Crippen LogP contribution is 2.48. The Bertz CT molecular complexity index is 865. The van der Waals surface area contributed by atoms with Gasteiger partial charge in [-0.25, -0.2) is 0 Å². The van der Waals surface area contributed by atoms with Crippen LogP contribution in [0.25, 0.3) is 0 Å². The summed E-state index contributed by atoms with van der Waals surface area (Å²) in [6.45, 7) is -0.0436. The van der Waals surface area contributed by atoms with Crippen molar-refractivity contribution in [3.63, 3.8) is 0 Å². The highest BCUT2D eigenvalue weighted by molar-refractivity contribution is 7.54. The molecule has 0 spiro atoms. The fourth-order valence-corrected chi connectivity index (χ4v) is 5.01. The van der Waals surface area contributed by atoms with Gasteiger partial charge in [0.2, 0.25) is 0 Å². The second-order valence-corrected chi connectivity index (χ2v) is 11.6. The summed E-state index contributed by atoms with van der Waals surface area (Å²) in [5.41, 5.74) is 2.53. The summed E-state index contributed by atoms with van der Waals surface area (Å²) < 4.78 is 50.9. The van der Waals surface area contributed by atoms with E-state index in [0.29, 0.717) is 24.3 Å². The van der Waals surface area contributed by atoms with E-state index in [0.717, 1.165) is 16.7 Å². The molecule has 0 aliphatic carbocycles. The van der Waals surface area contributed by atoms with Crippen molar-refractivity contribution in [2.45, 2.75) is 19.4 Å². The van der Waals surface area contributed by atoms with E-state index in [4.69, 9.17) is 22.8 Å². The van der Waals surface area contributed by atoms with Crippen LogP contribution in [0.15, 0.2) is 42.5 Å². The molecule has 0 radical (unpaired) electrons. The lowest BCUT2D eigenvalue weighted by atomic mass is 10.1. The van der Waals surface area contributed by atoms with E-state index in [1.807, 2.05) is 18.2 Å². The lowest BCUT2D eigenvalue weighted by molar-refractivity contribution is 0.275. The van der Waals surface area contributed by atoms with Crippen LogP contribution in [0, 0.1) is 0 Å². The molecule has 2 rings (SSSR count). The maximum Gasteiger partial charge on any atom is 0.330 e. The van der Waals surface area contributed by atoms with Crippen molar-refractivity contribution in [1.29, 1.82) is 0 Å². The number of benzene rings is 2. The molecule has 31 heavy (non-hydrogen) atoms. The largest absolute Gasteiger partial charge is 0.457 e. The topological polar surface area (TPSA) is 101 Å². The molecular formula is C21H30O8P2. The molecule has 1 N–H and O–H groups in total. The van der Waals surface area contributed by atoms with Crippen LogP contribution in [0.4, 0.5) is 0 Å². The molecule has 172 valence electrons. The predicted molar refractivity (Wildman–Crippen MR) is 119 cm³/mol. The van der Waals surface area contributed by atoms with Crippen LogP contribution in [0.1, 0.15) is 16.7 Å². The molecule has 2 aromatic rings. The first-order chi connectivity index (χ1) is 14.8. The zero-order valence-electron chi connectivity index (χ0n) is 18.3. The van der Waals surface area contributed by atoms with Crippen LogP contribution in [-0.4, -0.2) is 45.9 Å². The van der Waals surface area contributed by atoms with Gasteiger partial charge in [0.1, 0.15) is 11.5 Å².